The van der Waals surface area contributed by atoms with Crippen LogP contribution in [0.15, 0.2) is 0 Å². The van der Waals surface area contributed by atoms with Crippen molar-refractivity contribution in [3.8, 4) is 0 Å². The molecule has 0 radical (unpaired) electrons. The first-order valence-electron chi connectivity index (χ1n) is 7.76. The van der Waals surface area contributed by atoms with Gasteiger partial charge < -0.3 is 5.32 Å². The van der Waals surface area contributed by atoms with Crippen LogP contribution in [0.2, 0.25) is 0 Å². The molecule has 2 nitrogen and oxygen atoms in total. The molecule has 0 aromatic rings. The van der Waals surface area contributed by atoms with E-state index in [1.807, 2.05) is 0 Å². The van der Waals surface area contributed by atoms with Crippen molar-refractivity contribution >= 4 is 0 Å². The fourth-order valence-electron chi connectivity index (χ4n) is 3.02. The summed E-state index contributed by atoms with van der Waals surface area (Å²) in [6.45, 7) is 11.8. The average Bonchev–Trinajstić information content (AvgIpc) is 2.59. The number of hydrogen-bond donors (Lipinski definition) is 1. The van der Waals surface area contributed by atoms with E-state index >= 15 is 0 Å². The van der Waals surface area contributed by atoms with Gasteiger partial charge in [0.1, 0.15) is 0 Å². The summed E-state index contributed by atoms with van der Waals surface area (Å²) in [6, 6.07) is 0.774. The summed E-state index contributed by atoms with van der Waals surface area (Å²) in [5, 5.41) is 3.53. The molecule has 1 fully saturated rings. The van der Waals surface area contributed by atoms with Crippen molar-refractivity contribution in [3.63, 3.8) is 0 Å². The van der Waals surface area contributed by atoms with E-state index in [1.54, 1.807) is 0 Å². The van der Waals surface area contributed by atoms with Gasteiger partial charge in [0.05, 0.1) is 0 Å². The molecule has 1 heterocycles. The topological polar surface area (TPSA) is 15.3 Å². The predicted octanol–water partition coefficient (Wildman–Crippen LogP) is 3.28. The third-order valence-electron chi connectivity index (χ3n) is 4.23. The summed E-state index contributed by atoms with van der Waals surface area (Å²) in [5.41, 5.74) is 0. The van der Waals surface area contributed by atoms with Gasteiger partial charge in [-0.2, -0.15) is 0 Å². The Morgan fingerprint density at radius 2 is 2.00 bits per heavy atom. The second-order valence-corrected chi connectivity index (χ2v) is 5.49. The maximum Gasteiger partial charge on any atom is 0.0220 e. The molecule has 0 aromatic carbocycles. The standard InChI is InChI=1S/C15H32N2/c1-4-8-15(13-16-6-3)17-11-7-9-14(5-2)10-12-17/h14-16H,4-13H2,1-3H3. The fraction of sp³-hybridized carbons (Fsp3) is 1.00. The number of likely N-dealkylation sites (tertiary alicyclic amines) is 1. The summed E-state index contributed by atoms with van der Waals surface area (Å²) in [6.07, 6.45) is 8.31. The SMILES string of the molecule is CCCC(CNCC)N1CCCC(CC)CC1. The first-order valence-corrected chi connectivity index (χ1v) is 7.76. The summed E-state index contributed by atoms with van der Waals surface area (Å²) < 4.78 is 0. The molecule has 0 bridgehead atoms. The molecule has 0 aliphatic carbocycles. The van der Waals surface area contributed by atoms with Crippen LogP contribution in [-0.2, 0) is 0 Å². The highest BCUT2D eigenvalue weighted by molar-refractivity contribution is 4.77. The zero-order valence-electron chi connectivity index (χ0n) is 12.2. The monoisotopic (exact) mass is 240 g/mol. The molecule has 102 valence electrons. The Morgan fingerprint density at radius 1 is 1.18 bits per heavy atom. The lowest BCUT2D eigenvalue weighted by atomic mass is 9.98. The van der Waals surface area contributed by atoms with Crippen LogP contribution in [0.3, 0.4) is 0 Å². The molecule has 1 saturated heterocycles. The van der Waals surface area contributed by atoms with Crippen molar-refractivity contribution in [1.82, 2.24) is 10.2 Å². The Hall–Kier alpha value is -0.0800. The number of likely N-dealkylation sites (N-methyl/N-ethyl adjacent to an activating group) is 1. The molecule has 0 spiro atoms. The lowest BCUT2D eigenvalue weighted by Gasteiger charge is -2.30. The van der Waals surface area contributed by atoms with Gasteiger partial charge in [0.2, 0.25) is 0 Å². The van der Waals surface area contributed by atoms with Crippen LogP contribution in [-0.4, -0.2) is 37.1 Å². The molecule has 2 heteroatoms. The Bertz CT molecular complexity index is 182. The van der Waals surface area contributed by atoms with Gasteiger partial charge in [-0.3, -0.25) is 4.90 Å². The maximum atomic E-state index is 3.53. The molecule has 2 unspecified atom stereocenters. The van der Waals surface area contributed by atoms with Crippen LogP contribution in [0.4, 0.5) is 0 Å². The minimum absolute atomic E-state index is 0.774. The lowest BCUT2D eigenvalue weighted by Crippen LogP contribution is -2.43. The number of rotatable bonds is 7. The summed E-state index contributed by atoms with van der Waals surface area (Å²) >= 11 is 0. The van der Waals surface area contributed by atoms with Gasteiger partial charge in [0, 0.05) is 12.6 Å². The minimum atomic E-state index is 0.774. The average molecular weight is 240 g/mol. The molecule has 0 amide bonds. The number of nitrogens with one attached hydrogen (secondary N) is 1. The zero-order valence-corrected chi connectivity index (χ0v) is 12.2. The second kappa shape index (κ2) is 8.93. The van der Waals surface area contributed by atoms with Gasteiger partial charge >= 0.3 is 0 Å². The third-order valence-corrected chi connectivity index (χ3v) is 4.23. The van der Waals surface area contributed by atoms with E-state index in [0.717, 1.165) is 18.5 Å². The summed E-state index contributed by atoms with van der Waals surface area (Å²) in [4.78, 5) is 2.75. The van der Waals surface area contributed by atoms with Crippen LogP contribution in [0.1, 0.15) is 59.3 Å². The molecule has 1 aliphatic heterocycles. The minimum Gasteiger partial charge on any atom is -0.315 e. The third kappa shape index (κ3) is 5.39. The number of hydrogen-bond acceptors (Lipinski definition) is 2. The van der Waals surface area contributed by atoms with E-state index in [0.29, 0.717) is 0 Å². The van der Waals surface area contributed by atoms with Crippen molar-refractivity contribution in [1.29, 1.82) is 0 Å². The quantitative estimate of drug-likeness (QED) is 0.735. The highest BCUT2D eigenvalue weighted by atomic mass is 15.2. The molecule has 2 atom stereocenters. The molecule has 17 heavy (non-hydrogen) atoms. The largest absolute Gasteiger partial charge is 0.315 e. The van der Waals surface area contributed by atoms with E-state index in [9.17, 15) is 0 Å². The van der Waals surface area contributed by atoms with Crippen LogP contribution in [0.5, 0.6) is 0 Å². The van der Waals surface area contributed by atoms with E-state index < -0.39 is 0 Å². The van der Waals surface area contributed by atoms with Gasteiger partial charge in [-0.1, -0.05) is 33.6 Å². The Labute approximate surface area is 108 Å². The van der Waals surface area contributed by atoms with Gasteiger partial charge in [-0.05, 0) is 51.2 Å². The van der Waals surface area contributed by atoms with Crippen molar-refractivity contribution in [2.75, 3.05) is 26.2 Å². The lowest BCUT2D eigenvalue weighted by molar-refractivity contribution is 0.186. The Balaban J connectivity index is 2.42. The predicted molar refractivity (Wildman–Crippen MR) is 76.4 cm³/mol. The van der Waals surface area contributed by atoms with Crippen molar-refractivity contribution in [2.24, 2.45) is 5.92 Å². The first kappa shape index (κ1) is 15.0. The van der Waals surface area contributed by atoms with Gasteiger partial charge in [-0.25, -0.2) is 0 Å². The fourth-order valence-corrected chi connectivity index (χ4v) is 3.02. The molecular formula is C15H32N2. The molecule has 0 saturated carbocycles. The highest BCUT2D eigenvalue weighted by Gasteiger charge is 2.21. The first-order chi connectivity index (χ1) is 8.31. The molecule has 1 rings (SSSR count). The Morgan fingerprint density at radius 3 is 2.65 bits per heavy atom. The highest BCUT2D eigenvalue weighted by Crippen LogP contribution is 2.22. The van der Waals surface area contributed by atoms with Crippen molar-refractivity contribution in [2.45, 2.75) is 65.3 Å². The van der Waals surface area contributed by atoms with E-state index in [-0.39, 0.29) is 0 Å². The Kier molecular flexibility index (Phi) is 7.87. The summed E-state index contributed by atoms with van der Waals surface area (Å²) in [5.74, 6) is 0.987. The second-order valence-electron chi connectivity index (χ2n) is 5.49. The molecular weight excluding hydrogens is 208 g/mol. The summed E-state index contributed by atoms with van der Waals surface area (Å²) in [7, 11) is 0. The van der Waals surface area contributed by atoms with Crippen LogP contribution in [0.25, 0.3) is 0 Å². The maximum absolute atomic E-state index is 3.53. The smallest absolute Gasteiger partial charge is 0.0220 e. The van der Waals surface area contributed by atoms with Crippen LogP contribution >= 0.6 is 0 Å². The molecule has 0 aromatic heterocycles. The van der Waals surface area contributed by atoms with E-state index in [1.165, 1.54) is 58.2 Å². The zero-order chi connectivity index (χ0) is 12.5. The van der Waals surface area contributed by atoms with Crippen LogP contribution < -0.4 is 5.32 Å². The van der Waals surface area contributed by atoms with E-state index in [4.69, 9.17) is 0 Å². The van der Waals surface area contributed by atoms with E-state index in [2.05, 4.69) is 31.0 Å². The van der Waals surface area contributed by atoms with Crippen molar-refractivity contribution < 1.29 is 0 Å². The normalized spacial score (nSPS) is 24.5. The van der Waals surface area contributed by atoms with Crippen molar-refractivity contribution in [3.05, 3.63) is 0 Å². The molecule has 1 N–H and O–H groups in total. The molecule has 1 aliphatic rings. The van der Waals surface area contributed by atoms with Crippen LogP contribution in [0, 0.1) is 5.92 Å². The van der Waals surface area contributed by atoms with Gasteiger partial charge in [0.15, 0.2) is 0 Å². The van der Waals surface area contributed by atoms with Gasteiger partial charge in [-0.15, -0.1) is 0 Å². The van der Waals surface area contributed by atoms with Gasteiger partial charge in [0.25, 0.3) is 0 Å². The number of nitrogens with zero attached hydrogens (tertiary/aromatic N) is 1.